The van der Waals surface area contributed by atoms with E-state index in [-0.39, 0.29) is 0 Å². The van der Waals surface area contributed by atoms with E-state index >= 15 is 0 Å². The first-order valence-corrected chi connectivity index (χ1v) is 7.29. The third-order valence-electron chi connectivity index (χ3n) is 3.37. The van der Waals surface area contributed by atoms with E-state index in [1.54, 1.807) is 6.07 Å². The number of halogens is 2. The molecule has 6 heteroatoms. The Hall–Kier alpha value is -1.69. The fraction of sp³-hybridized carbons (Fsp3) is 0.562. The molecular formula is C16H24F2N2O2. The van der Waals surface area contributed by atoms with Crippen LogP contribution in [0, 0.1) is 6.92 Å². The zero-order valence-corrected chi connectivity index (χ0v) is 13.5. The lowest BCUT2D eigenvalue weighted by Crippen LogP contribution is -2.45. The Morgan fingerprint density at radius 2 is 2.00 bits per heavy atom. The van der Waals surface area contributed by atoms with Gasteiger partial charge >= 0.3 is 0 Å². The van der Waals surface area contributed by atoms with Gasteiger partial charge in [0.15, 0.2) is 6.10 Å². The number of ether oxygens (including phenoxy) is 1. The predicted molar refractivity (Wildman–Crippen MR) is 82.4 cm³/mol. The van der Waals surface area contributed by atoms with E-state index < -0.39 is 31.0 Å². The number of benzene rings is 1. The second-order valence-corrected chi connectivity index (χ2v) is 5.71. The van der Waals surface area contributed by atoms with Crippen LogP contribution in [-0.2, 0) is 4.79 Å². The number of aryl methyl sites for hydroxylation is 1. The third kappa shape index (κ3) is 5.26. The van der Waals surface area contributed by atoms with Crippen LogP contribution in [-0.4, -0.2) is 31.0 Å². The number of hydrogen-bond acceptors (Lipinski definition) is 3. The highest BCUT2D eigenvalue weighted by atomic mass is 19.3. The van der Waals surface area contributed by atoms with Crippen molar-refractivity contribution < 1.29 is 18.3 Å². The molecule has 0 bridgehead atoms. The summed E-state index contributed by atoms with van der Waals surface area (Å²) in [6.45, 7) is 6.07. The first kappa shape index (κ1) is 18.4. The molecular weight excluding hydrogens is 290 g/mol. The maximum absolute atomic E-state index is 13.0. The average molecular weight is 314 g/mol. The zero-order valence-electron chi connectivity index (χ0n) is 13.5. The van der Waals surface area contributed by atoms with Crippen molar-refractivity contribution in [3.05, 3.63) is 29.3 Å². The topological polar surface area (TPSA) is 64.3 Å². The zero-order chi connectivity index (χ0) is 16.9. The molecule has 0 spiro atoms. The summed E-state index contributed by atoms with van der Waals surface area (Å²) < 4.78 is 31.5. The van der Waals surface area contributed by atoms with Gasteiger partial charge in [0.2, 0.25) is 0 Å². The lowest BCUT2D eigenvalue weighted by molar-refractivity contribution is -0.129. The fourth-order valence-corrected chi connectivity index (χ4v) is 2.06. The number of nitrogens with one attached hydrogen (secondary N) is 1. The number of carbonyl (C=O) groups excluding carboxylic acids is 1. The summed E-state index contributed by atoms with van der Waals surface area (Å²) in [5.41, 5.74) is 7.18. The maximum Gasteiger partial charge on any atom is 0.277 e. The molecule has 22 heavy (non-hydrogen) atoms. The van der Waals surface area contributed by atoms with E-state index in [1.165, 1.54) is 12.5 Å². The minimum absolute atomic E-state index is 0.397. The van der Waals surface area contributed by atoms with Crippen LogP contribution in [0.5, 0.6) is 5.75 Å². The Labute approximate surface area is 130 Å². The van der Waals surface area contributed by atoms with Crippen molar-refractivity contribution in [3.8, 4) is 5.75 Å². The molecule has 0 saturated carbocycles. The Balaban J connectivity index is 2.63. The molecule has 124 valence electrons. The number of hydrogen-bond donors (Lipinski definition) is 2. The van der Waals surface area contributed by atoms with Gasteiger partial charge in [-0.1, -0.05) is 19.9 Å². The van der Waals surface area contributed by atoms with Gasteiger partial charge in [-0.2, -0.15) is 0 Å². The number of alkyl halides is 2. The van der Waals surface area contributed by atoms with Crippen molar-refractivity contribution in [2.75, 3.05) is 13.1 Å². The summed E-state index contributed by atoms with van der Waals surface area (Å²) in [5.74, 6) is -2.77. The quantitative estimate of drug-likeness (QED) is 0.813. The molecule has 0 fully saturated rings. The molecule has 0 aliphatic rings. The van der Waals surface area contributed by atoms with Crippen LogP contribution < -0.4 is 15.8 Å². The van der Waals surface area contributed by atoms with Crippen molar-refractivity contribution in [3.63, 3.8) is 0 Å². The highest BCUT2D eigenvalue weighted by molar-refractivity contribution is 5.80. The SMILES string of the molecule is Cc1cc(OC(C)C(=O)NCC(F)(F)CN)ccc1C(C)C. The van der Waals surface area contributed by atoms with E-state index in [2.05, 4.69) is 19.2 Å². The minimum atomic E-state index is -3.11. The molecule has 0 aliphatic heterocycles. The van der Waals surface area contributed by atoms with Crippen LogP contribution in [0.25, 0.3) is 0 Å². The van der Waals surface area contributed by atoms with Crippen molar-refractivity contribution in [2.24, 2.45) is 5.73 Å². The lowest BCUT2D eigenvalue weighted by atomic mass is 9.98. The van der Waals surface area contributed by atoms with Crippen LogP contribution in [0.1, 0.15) is 37.8 Å². The van der Waals surface area contributed by atoms with Gasteiger partial charge in [0, 0.05) is 0 Å². The highest BCUT2D eigenvalue weighted by Crippen LogP contribution is 2.24. The number of carbonyl (C=O) groups is 1. The summed E-state index contributed by atoms with van der Waals surface area (Å²) in [6.07, 6.45) is -0.863. The van der Waals surface area contributed by atoms with Gasteiger partial charge in [0.25, 0.3) is 11.8 Å². The molecule has 0 radical (unpaired) electrons. The molecule has 1 aromatic carbocycles. The molecule has 0 heterocycles. The van der Waals surface area contributed by atoms with Crippen LogP contribution >= 0.6 is 0 Å². The van der Waals surface area contributed by atoms with Gasteiger partial charge in [-0.25, -0.2) is 8.78 Å². The monoisotopic (exact) mass is 314 g/mol. The summed E-state index contributed by atoms with van der Waals surface area (Å²) in [4.78, 5) is 11.8. The van der Waals surface area contributed by atoms with Crippen molar-refractivity contribution in [2.45, 2.75) is 45.6 Å². The van der Waals surface area contributed by atoms with Gasteiger partial charge in [0.05, 0.1) is 13.1 Å². The van der Waals surface area contributed by atoms with E-state index in [9.17, 15) is 13.6 Å². The van der Waals surface area contributed by atoms with Gasteiger partial charge in [0.1, 0.15) is 5.75 Å². The van der Waals surface area contributed by atoms with E-state index in [4.69, 9.17) is 10.5 Å². The molecule has 1 atom stereocenters. The second kappa shape index (κ2) is 7.54. The molecule has 4 nitrogen and oxygen atoms in total. The third-order valence-corrected chi connectivity index (χ3v) is 3.37. The first-order chi connectivity index (χ1) is 10.2. The average Bonchev–Trinajstić information content (AvgIpc) is 2.44. The van der Waals surface area contributed by atoms with Crippen molar-refractivity contribution in [1.29, 1.82) is 0 Å². The van der Waals surface area contributed by atoms with Gasteiger partial charge < -0.3 is 15.8 Å². The second-order valence-electron chi connectivity index (χ2n) is 5.71. The Bertz CT molecular complexity index is 519. The summed E-state index contributed by atoms with van der Waals surface area (Å²) in [5, 5.41) is 2.14. The molecule has 0 aliphatic carbocycles. The van der Waals surface area contributed by atoms with E-state index in [0.717, 1.165) is 5.56 Å². The van der Waals surface area contributed by atoms with Crippen LogP contribution in [0.2, 0.25) is 0 Å². The Morgan fingerprint density at radius 3 is 2.50 bits per heavy atom. The molecule has 0 saturated heterocycles. The molecule has 1 rings (SSSR count). The smallest absolute Gasteiger partial charge is 0.277 e. The predicted octanol–water partition coefficient (Wildman–Crippen LogP) is 2.60. The number of nitrogens with two attached hydrogens (primary N) is 1. The van der Waals surface area contributed by atoms with Crippen molar-refractivity contribution >= 4 is 5.91 Å². The van der Waals surface area contributed by atoms with Gasteiger partial charge in [-0.05, 0) is 43.0 Å². The summed E-state index contributed by atoms with van der Waals surface area (Å²) >= 11 is 0. The first-order valence-electron chi connectivity index (χ1n) is 7.29. The van der Waals surface area contributed by atoms with Crippen LogP contribution in [0.4, 0.5) is 8.78 Å². The minimum Gasteiger partial charge on any atom is -0.481 e. The molecule has 1 aromatic rings. The normalized spacial score (nSPS) is 13.1. The number of amides is 1. The molecule has 3 N–H and O–H groups in total. The largest absolute Gasteiger partial charge is 0.481 e. The summed E-state index contributed by atoms with van der Waals surface area (Å²) in [7, 11) is 0. The van der Waals surface area contributed by atoms with Crippen LogP contribution in [0.15, 0.2) is 18.2 Å². The van der Waals surface area contributed by atoms with Crippen molar-refractivity contribution in [1.82, 2.24) is 5.32 Å². The van der Waals surface area contributed by atoms with E-state index in [1.807, 2.05) is 19.1 Å². The lowest BCUT2D eigenvalue weighted by Gasteiger charge is -2.19. The Kier molecular flexibility index (Phi) is 6.29. The number of rotatable bonds is 7. The van der Waals surface area contributed by atoms with E-state index in [0.29, 0.717) is 11.7 Å². The standard InChI is InChI=1S/C16H24F2N2O2/c1-10(2)14-6-5-13(7-11(14)3)22-12(4)15(21)20-9-16(17,18)8-19/h5-7,10,12H,8-9,19H2,1-4H3,(H,20,21). The molecule has 1 amide bonds. The fourth-order valence-electron chi connectivity index (χ4n) is 2.06. The van der Waals surface area contributed by atoms with Gasteiger partial charge in [-0.3, -0.25) is 4.79 Å². The van der Waals surface area contributed by atoms with Crippen LogP contribution in [0.3, 0.4) is 0 Å². The molecule has 1 unspecified atom stereocenters. The van der Waals surface area contributed by atoms with Gasteiger partial charge in [-0.15, -0.1) is 0 Å². The highest BCUT2D eigenvalue weighted by Gasteiger charge is 2.28. The molecule has 0 aromatic heterocycles. The maximum atomic E-state index is 13.0. The Morgan fingerprint density at radius 1 is 1.36 bits per heavy atom. The summed E-state index contributed by atoms with van der Waals surface area (Å²) in [6, 6.07) is 5.57.